The van der Waals surface area contributed by atoms with E-state index in [9.17, 15) is 0 Å². The van der Waals surface area contributed by atoms with Gasteiger partial charge in [0.2, 0.25) is 5.95 Å². The average Bonchev–Trinajstić information content (AvgIpc) is 2.34. The summed E-state index contributed by atoms with van der Waals surface area (Å²) in [6.07, 6.45) is 0. The Labute approximate surface area is 110 Å². The predicted molar refractivity (Wildman–Crippen MR) is 75.3 cm³/mol. The van der Waals surface area contributed by atoms with E-state index in [-0.39, 0.29) is 0 Å². The van der Waals surface area contributed by atoms with Crippen LogP contribution in [0.2, 0.25) is 0 Å². The van der Waals surface area contributed by atoms with Gasteiger partial charge in [0.25, 0.3) is 0 Å². The van der Waals surface area contributed by atoms with Gasteiger partial charge in [0, 0.05) is 38.0 Å². The molecule has 0 fully saturated rings. The van der Waals surface area contributed by atoms with Crippen molar-refractivity contribution < 1.29 is 4.74 Å². The molecule has 0 unspecified atom stereocenters. The van der Waals surface area contributed by atoms with Crippen molar-refractivity contribution in [3.8, 4) is 0 Å². The molecule has 0 saturated heterocycles. The number of aromatic nitrogens is 2. The van der Waals surface area contributed by atoms with Crippen molar-refractivity contribution in [2.75, 3.05) is 43.1 Å². The first-order valence-corrected chi connectivity index (χ1v) is 6.63. The topological polar surface area (TPSA) is 50.3 Å². The summed E-state index contributed by atoms with van der Waals surface area (Å²) in [6, 6.07) is 2.01. The molecule has 1 N–H and O–H groups in total. The summed E-state index contributed by atoms with van der Waals surface area (Å²) < 4.78 is 5.39. The standard InChI is InChI=1S/C13H24N4O/c1-5-14-13-15-11(4)10-12(16-13)17(6-2)8-9-18-7-3/h10H,5-9H2,1-4H3,(H,14,15,16). The lowest BCUT2D eigenvalue weighted by atomic mass is 10.4. The molecule has 1 rings (SSSR count). The van der Waals surface area contributed by atoms with Crippen molar-refractivity contribution in [3.63, 3.8) is 0 Å². The quantitative estimate of drug-likeness (QED) is 0.718. The van der Waals surface area contributed by atoms with Gasteiger partial charge in [-0.05, 0) is 27.7 Å². The minimum atomic E-state index is 0.697. The fourth-order valence-electron chi connectivity index (χ4n) is 1.70. The summed E-state index contributed by atoms with van der Waals surface area (Å²) in [5, 5.41) is 3.15. The normalized spacial score (nSPS) is 10.4. The Hall–Kier alpha value is -1.36. The molecule has 0 spiro atoms. The van der Waals surface area contributed by atoms with Gasteiger partial charge in [-0.3, -0.25) is 0 Å². The Bertz CT molecular complexity index is 357. The zero-order valence-electron chi connectivity index (χ0n) is 11.9. The molecule has 5 heteroatoms. The third kappa shape index (κ3) is 4.49. The van der Waals surface area contributed by atoms with Crippen LogP contribution in [0.4, 0.5) is 11.8 Å². The van der Waals surface area contributed by atoms with E-state index in [0.717, 1.165) is 44.4 Å². The van der Waals surface area contributed by atoms with E-state index in [1.165, 1.54) is 0 Å². The molecule has 1 aromatic heterocycles. The highest BCUT2D eigenvalue weighted by Crippen LogP contribution is 2.14. The number of ether oxygens (including phenoxy) is 1. The number of rotatable bonds is 8. The second kappa shape index (κ2) is 7.87. The third-order valence-corrected chi connectivity index (χ3v) is 2.59. The van der Waals surface area contributed by atoms with Crippen LogP contribution in [0.5, 0.6) is 0 Å². The largest absolute Gasteiger partial charge is 0.380 e. The summed E-state index contributed by atoms with van der Waals surface area (Å²) in [5.74, 6) is 1.66. The first kappa shape index (κ1) is 14.7. The van der Waals surface area contributed by atoms with Gasteiger partial charge >= 0.3 is 0 Å². The maximum absolute atomic E-state index is 5.39. The van der Waals surface area contributed by atoms with E-state index in [1.54, 1.807) is 0 Å². The van der Waals surface area contributed by atoms with Crippen molar-refractivity contribution in [2.24, 2.45) is 0 Å². The van der Waals surface area contributed by atoms with Crippen LogP contribution in [-0.4, -0.2) is 42.8 Å². The van der Waals surface area contributed by atoms with Gasteiger partial charge in [-0.2, -0.15) is 4.98 Å². The highest BCUT2D eigenvalue weighted by Gasteiger charge is 2.08. The molecule has 1 heterocycles. The smallest absolute Gasteiger partial charge is 0.224 e. The van der Waals surface area contributed by atoms with E-state index in [1.807, 2.05) is 26.8 Å². The number of nitrogens with zero attached hydrogens (tertiary/aromatic N) is 3. The number of hydrogen-bond acceptors (Lipinski definition) is 5. The number of anilines is 2. The molecule has 0 atom stereocenters. The van der Waals surface area contributed by atoms with Gasteiger partial charge in [-0.15, -0.1) is 0 Å². The van der Waals surface area contributed by atoms with Crippen LogP contribution in [0.3, 0.4) is 0 Å². The van der Waals surface area contributed by atoms with Gasteiger partial charge in [0.1, 0.15) is 5.82 Å². The van der Waals surface area contributed by atoms with Gasteiger partial charge in [-0.1, -0.05) is 0 Å². The number of hydrogen-bond donors (Lipinski definition) is 1. The first-order valence-electron chi connectivity index (χ1n) is 6.63. The van der Waals surface area contributed by atoms with E-state index < -0.39 is 0 Å². The van der Waals surface area contributed by atoms with Crippen molar-refractivity contribution in [1.82, 2.24) is 9.97 Å². The summed E-state index contributed by atoms with van der Waals surface area (Å²) in [6.45, 7) is 12.2. The Morgan fingerprint density at radius 1 is 1.28 bits per heavy atom. The van der Waals surface area contributed by atoms with Crippen LogP contribution >= 0.6 is 0 Å². The Morgan fingerprint density at radius 3 is 2.67 bits per heavy atom. The minimum Gasteiger partial charge on any atom is -0.380 e. The molecule has 0 aliphatic carbocycles. The van der Waals surface area contributed by atoms with Crippen molar-refractivity contribution in [2.45, 2.75) is 27.7 Å². The van der Waals surface area contributed by atoms with Crippen LogP contribution in [0, 0.1) is 6.92 Å². The molecule has 0 bridgehead atoms. The van der Waals surface area contributed by atoms with Crippen molar-refractivity contribution >= 4 is 11.8 Å². The lowest BCUT2D eigenvalue weighted by molar-refractivity contribution is 0.154. The van der Waals surface area contributed by atoms with Crippen LogP contribution in [0.15, 0.2) is 6.07 Å². The van der Waals surface area contributed by atoms with Gasteiger partial charge < -0.3 is 15.0 Å². The molecule has 0 aliphatic rings. The Balaban J connectivity index is 2.77. The molecule has 0 amide bonds. The number of nitrogens with one attached hydrogen (secondary N) is 1. The third-order valence-electron chi connectivity index (χ3n) is 2.59. The molecule has 18 heavy (non-hydrogen) atoms. The fraction of sp³-hybridized carbons (Fsp3) is 0.692. The molecular formula is C13H24N4O. The summed E-state index contributed by atoms with van der Waals surface area (Å²) >= 11 is 0. The fourth-order valence-corrected chi connectivity index (χ4v) is 1.70. The lowest BCUT2D eigenvalue weighted by Crippen LogP contribution is -2.28. The van der Waals surface area contributed by atoms with Gasteiger partial charge in [0.15, 0.2) is 0 Å². The zero-order valence-corrected chi connectivity index (χ0v) is 11.9. The monoisotopic (exact) mass is 252 g/mol. The second-order valence-electron chi connectivity index (χ2n) is 4.00. The predicted octanol–water partition coefficient (Wildman–Crippen LogP) is 2.08. The SMILES string of the molecule is CCNc1nc(C)cc(N(CC)CCOCC)n1. The van der Waals surface area contributed by atoms with E-state index >= 15 is 0 Å². The first-order chi connectivity index (χ1) is 8.71. The highest BCUT2D eigenvalue weighted by atomic mass is 16.5. The van der Waals surface area contributed by atoms with Gasteiger partial charge in [-0.25, -0.2) is 4.98 Å². The average molecular weight is 252 g/mol. The van der Waals surface area contributed by atoms with Crippen LogP contribution < -0.4 is 10.2 Å². The molecule has 0 saturated carbocycles. The zero-order chi connectivity index (χ0) is 13.4. The number of aryl methyl sites for hydroxylation is 1. The Kier molecular flexibility index (Phi) is 6.43. The highest BCUT2D eigenvalue weighted by molar-refractivity contribution is 5.44. The summed E-state index contributed by atoms with van der Waals surface area (Å²) in [7, 11) is 0. The lowest BCUT2D eigenvalue weighted by Gasteiger charge is -2.22. The molecular weight excluding hydrogens is 228 g/mol. The maximum atomic E-state index is 5.39. The maximum Gasteiger partial charge on any atom is 0.224 e. The summed E-state index contributed by atoms with van der Waals surface area (Å²) in [4.78, 5) is 11.1. The second-order valence-corrected chi connectivity index (χ2v) is 4.00. The van der Waals surface area contributed by atoms with E-state index in [2.05, 4.69) is 27.1 Å². The summed E-state index contributed by atoms with van der Waals surface area (Å²) in [5.41, 5.74) is 0.978. The van der Waals surface area contributed by atoms with Crippen molar-refractivity contribution in [3.05, 3.63) is 11.8 Å². The molecule has 0 aromatic carbocycles. The Morgan fingerprint density at radius 2 is 2.06 bits per heavy atom. The molecule has 5 nitrogen and oxygen atoms in total. The molecule has 1 aromatic rings. The van der Waals surface area contributed by atoms with Gasteiger partial charge in [0.05, 0.1) is 6.61 Å². The molecule has 0 radical (unpaired) electrons. The minimum absolute atomic E-state index is 0.697. The van der Waals surface area contributed by atoms with Crippen LogP contribution in [0.25, 0.3) is 0 Å². The molecule has 0 aliphatic heterocycles. The number of likely N-dealkylation sites (N-methyl/N-ethyl adjacent to an activating group) is 1. The van der Waals surface area contributed by atoms with Crippen LogP contribution in [-0.2, 0) is 4.74 Å². The van der Waals surface area contributed by atoms with E-state index in [0.29, 0.717) is 5.95 Å². The van der Waals surface area contributed by atoms with Crippen molar-refractivity contribution in [1.29, 1.82) is 0 Å². The molecule has 102 valence electrons. The van der Waals surface area contributed by atoms with E-state index in [4.69, 9.17) is 4.74 Å². The van der Waals surface area contributed by atoms with Crippen LogP contribution in [0.1, 0.15) is 26.5 Å².